The Bertz CT molecular complexity index is 278. The monoisotopic (exact) mass is 172 g/mol. The summed E-state index contributed by atoms with van der Waals surface area (Å²) in [5, 5.41) is 6.63. The zero-order chi connectivity index (χ0) is 8.43. The molecule has 1 rings (SSSR count). The van der Waals surface area contributed by atoms with Crippen molar-refractivity contribution in [2.24, 2.45) is 11.5 Å². The summed E-state index contributed by atoms with van der Waals surface area (Å²) in [5.74, 6) is -1.43. The molecule has 1 heterocycles. The molecule has 6 nitrogen and oxygen atoms in total. The average Bonchev–Trinajstić information content (AvgIpc) is 2.33. The first-order valence-corrected chi connectivity index (χ1v) is 3.36. The molecular formula is C4H4N4O2S. The molecule has 0 saturated carbocycles. The molecule has 1 aromatic rings. The van der Waals surface area contributed by atoms with E-state index in [1.807, 2.05) is 0 Å². The van der Waals surface area contributed by atoms with Gasteiger partial charge in [0, 0.05) is 0 Å². The molecule has 7 heteroatoms. The fourth-order valence-electron chi connectivity index (χ4n) is 0.422. The topological polar surface area (TPSA) is 112 Å². The van der Waals surface area contributed by atoms with Crippen LogP contribution in [0, 0.1) is 0 Å². The van der Waals surface area contributed by atoms with E-state index in [1.54, 1.807) is 0 Å². The molecule has 0 unspecified atom stereocenters. The van der Waals surface area contributed by atoms with Crippen molar-refractivity contribution in [2.45, 2.75) is 0 Å². The van der Waals surface area contributed by atoms with Gasteiger partial charge < -0.3 is 11.5 Å². The first kappa shape index (κ1) is 7.61. The number of carbonyl (C=O) groups excluding carboxylic acids is 2. The van der Waals surface area contributed by atoms with Crippen molar-refractivity contribution in [3.05, 3.63) is 10.0 Å². The molecule has 1 aromatic heterocycles. The maximum Gasteiger partial charge on any atom is 0.279 e. The largest absolute Gasteiger partial charge is 0.363 e. The third-order valence-electron chi connectivity index (χ3n) is 0.847. The van der Waals surface area contributed by atoms with Crippen LogP contribution in [0.4, 0.5) is 0 Å². The molecule has 11 heavy (non-hydrogen) atoms. The van der Waals surface area contributed by atoms with Crippen LogP contribution in [0.2, 0.25) is 0 Å². The Hall–Kier alpha value is -1.50. The quantitative estimate of drug-likeness (QED) is 0.579. The molecule has 4 N–H and O–H groups in total. The highest BCUT2D eigenvalue weighted by molar-refractivity contribution is 7.15. The van der Waals surface area contributed by atoms with Gasteiger partial charge in [-0.1, -0.05) is 11.3 Å². The highest BCUT2D eigenvalue weighted by Crippen LogP contribution is 2.06. The van der Waals surface area contributed by atoms with E-state index in [0.717, 1.165) is 11.3 Å². The van der Waals surface area contributed by atoms with Crippen LogP contribution >= 0.6 is 11.3 Å². The van der Waals surface area contributed by atoms with Gasteiger partial charge in [0.05, 0.1) is 0 Å². The minimum atomic E-state index is -0.713. The molecule has 0 radical (unpaired) electrons. The van der Waals surface area contributed by atoms with E-state index >= 15 is 0 Å². The number of rotatable bonds is 2. The molecular weight excluding hydrogens is 168 g/mol. The molecule has 2 amide bonds. The first-order valence-electron chi connectivity index (χ1n) is 2.54. The zero-order valence-electron chi connectivity index (χ0n) is 5.27. The fourth-order valence-corrected chi connectivity index (χ4v) is 0.970. The van der Waals surface area contributed by atoms with Crippen molar-refractivity contribution in [1.29, 1.82) is 0 Å². The van der Waals surface area contributed by atoms with Crippen LogP contribution in [0.15, 0.2) is 0 Å². The van der Waals surface area contributed by atoms with Crippen LogP contribution < -0.4 is 11.5 Å². The molecule has 0 saturated heterocycles. The molecule has 0 spiro atoms. The average molecular weight is 172 g/mol. The van der Waals surface area contributed by atoms with E-state index in [2.05, 4.69) is 10.2 Å². The second kappa shape index (κ2) is 2.62. The van der Waals surface area contributed by atoms with Gasteiger partial charge in [0.2, 0.25) is 10.0 Å². The van der Waals surface area contributed by atoms with Crippen LogP contribution in [0.5, 0.6) is 0 Å². The van der Waals surface area contributed by atoms with Crippen LogP contribution in [-0.4, -0.2) is 22.0 Å². The Morgan fingerprint density at radius 2 is 1.45 bits per heavy atom. The summed E-state index contributed by atoms with van der Waals surface area (Å²) in [4.78, 5) is 20.8. The predicted octanol–water partition coefficient (Wildman–Crippen LogP) is -1.26. The highest BCUT2D eigenvalue weighted by atomic mass is 32.1. The summed E-state index contributed by atoms with van der Waals surface area (Å²) in [6, 6.07) is 0. The Balaban J connectivity index is 2.99. The van der Waals surface area contributed by atoms with Gasteiger partial charge in [-0.2, -0.15) is 0 Å². The smallest absolute Gasteiger partial charge is 0.279 e. The Morgan fingerprint density at radius 1 is 1.09 bits per heavy atom. The van der Waals surface area contributed by atoms with Crippen LogP contribution in [0.3, 0.4) is 0 Å². The molecule has 0 aliphatic carbocycles. The number of hydrogen-bond donors (Lipinski definition) is 2. The lowest BCUT2D eigenvalue weighted by Crippen LogP contribution is -2.10. The van der Waals surface area contributed by atoms with Crippen molar-refractivity contribution in [3.8, 4) is 0 Å². The standard InChI is InChI=1S/C4H4N4O2S/c5-1(9)3-7-8-4(11-3)2(6)10/h(H2,5,9)(H2,6,10). The first-order chi connectivity index (χ1) is 5.11. The summed E-state index contributed by atoms with van der Waals surface area (Å²) in [7, 11) is 0. The Labute approximate surface area is 65.2 Å². The SMILES string of the molecule is NC(=O)c1nnc(C(N)=O)s1. The van der Waals surface area contributed by atoms with Gasteiger partial charge in [-0.05, 0) is 0 Å². The lowest BCUT2D eigenvalue weighted by Gasteiger charge is -1.79. The lowest BCUT2D eigenvalue weighted by atomic mass is 10.7. The molecule has 0 fully saturated rings. The number of carbonyl (C=O) groups is 2. The second-order valence-corrected chi connectivity index (χ2v) is 2.62. The summed E-state index contributed by atoms with van der Waals surface area (Å²) >= 11 is 0.778. The van der Waals surface area contributed by atoms with Gasteiger partial charge in [-0.3, -0.25) is 9.59 Å². The molecule has 0 aromatic carbocycles. The maximum absolute atomic E-state index is 10.4. The van der Waals surface area contributed by atoms with Gasteiger partial charge in [-0.15, -0.1) is 10.2 Å². The molecule has 0 bridgehead atoms. The number of nitrogens with two attached hydrogens (primary N) is 2. The van der Waals surface area contributed by atoms with E-state index in [1.165, 1.54) is 0 Å². The third kappa shape index (κ3) is 1.49. The number of aromatic nitrogens is 2. The van der Waals surface area contributed by atoms with E-state index in [-0.39, 0.29) is 10.0 Å². The van der Waals surface area contributed by atoms with Crippen LogP contribution in [0.25, 0.3) is 0 Å². The number of nitrogens with zero attached hydrogens (tertiary/aromatic N) is 2. The summed E-state index contributed by atoms with van der Waals surface area (Å²) in [6.45, 7) is 0. The van der Waals surface area contributed by atoms with Gasteiger partial charge in [0.1, 0.15) is 0 Å². The van der Waals surface area contributed by atoms with E-state index in [0.29, 0.717) is 0 Å². The molecule has 0 aliphatic rings. The van der Waals surface area contributed by atoms with Gasteiger partial charge in [0.15, 0.2) is 0 Å². The second-order valence-electron chi connectivity index (χ2n) is 1.64. The number of amides is 2. The number of hydrogen-bond acceptors (Lipinski definition) is 5. The van der Waals surface area contributed by atoms with Crippen LogP contribution in [0.1, 0.15) is 19.6 Å². The van der Waals surface area contributed by atoms with Crippen molar-refractivity contribution in [1.82, 2.24) is 10.2 Å². The van der Waals surface area contributed by atoms with Crippen molar-refractivity contribution in [3.63, 3.8) is 0 Å². The van der Waals surface area contributed by atoms with E-state index in [9.17, 15) is 9.59 Å². The normalized spacial score (nSPS) is 9.45. The van der Waals surface area contributed by atoms with Crippen LogP contribution in [-0.2, 0) is 0 Å². The van der Waals surface area contributed by atoms with E-state index in [4.69, 9.17) is 11.5 Å². The number of primary amides is 2. The van der Waals surface area contributed by atoms with E-state index < -0.39 is 11.8 Å². The van der Waals surface area contributed by atoms with Gasteiger partial charge in [0.25, 0.3) is 11.8 Å². The summed E-state index contributed by atoms with van der Waals surface area (Å²) < 4.78 is 0. The summed E-state index contributed by atoms with van der Waals surface area (Å²) in [6.07, 6.45) is 0. The zero-order valence-corrected chi connectivity index (χ0v) is 6.09. The van der Waals surface area contributed by atoms with Crippen molar-refractivity contribution < 1.29 is 9.59 Å². The summed E-state index contributed by atoms with van der Waals surface area (Å²) in [5.41, 5.74) is 9.69. The molecule has 0 aliphatic heterocycles. The third-order valence-corrected chi connectivity index (χ3v) is 1.80. The van der Waals surface area contributed by atoms with Gasteiger partial charge in [-0.25, -0.2) is 0 Å². The Kier molecular flexibility index (Phi) is 1.81. The van der Waals surface area contributed by atoms with Crippen molar-refractivity contribution in [2.75, 3.05) is 0 Å². The Morgan fingerprint density at radius 3 is 1.64 bits per heavy atom. The molecule has 0 atom stereocenters. The highest BCUT2D eigenvalue weighted by Gasteiger charge is 2.11. The minimum Gasteiger partial charge on any atom is -0.363 e. The van der Waals surface area contributed by atoms with Crippen molar-refractivity contribution >= 4 is 23.2 Å². The molecule has 58 valence electrons. The fraction of sp³-hybridized carbons (Fsp3) is 0. The lowest BCUT2D eigenvalue weighted by molar-refractivity contribution is 0.0989. The minimum absolute atomic E-state index is 0.0150. The predicted molar refractivity (Wildman–Crippen MR) is 36.9 cm³/mol. The maximum atomic E-state index is 10.4. The van der Waals surface area contributed by atoms with Gasteiger partial charge >= 0.3 is 0 Å².